The van der Waals surface area contributed by atoms with Crippen molar-refractivity contribution in [2.24, 2.45) is 5.92 Å². The van der Waals surface area contributed by atoms with Crippen molar-refractivity contribution in [2.75, 3.05) is 31.7 Å². The topological polar surface area (TPSA) is 24.5 Å². The van der Waals surface area contributed by atoms with E-state index in [0.29, 0.717) is 5.92 Å². The van der Waals surface area contributed by atoms with Crippen LogP contribution in [0.5, 0.6) is 0 Å². The molecule has 3 nitrogen and oxygen atoms in total. The Morgan fingerprint density at radius 2 is 2.26 bits per heavy atom. The van der Waals surface area contributed by atoms with E-state index in [1.54, 1.807) is 7.11 Å². The molecule has 0 fully saturated rings. The van der Waals surface area contributed by atoms with Crippen molar-refractivity contribution in [1.29, 1.82) is 0 Å². The summed E-state index contributed by atoms with van der Waals surface area (Å²) in [6, 6.07) is 8.54. The smallest absolute Gasteiger partial charge is 0.173 e. The van der Waals surface area contributed by atoms with Gasteiger partial charge < -0.3 is 15.0 Å². The lowest BCUT2D eigenvalue weighted by atomic mass is 9.94. The van der Waals surface area contributed by atoms with Gasteiger partial charge in [-0.2, -0.15) is 0 Å². The number of nitrogens with zero attached hydrogens (tertiary/aromatic N) is 1. The highest BCUT2D eigenvalue weighted by Crippen LogP contribution is 2.29. The number of para-hydroxylation sites is 1. The maximum atomic E-state index is 5.53. The number of hydrogen-bond donors (Lipinski definition) is 1. The number of rotatable bonds is 4. The number of methoxy groups -OCH3 is 1. The zero-order valence-corrected chi connectivity index (χ0v) is 12.5. The Morgan fingerprint density at radius 1 is 1.47 bits per heavy atom. The fourth-order valence-corrected chi connectivity index (χ4v) is 2.77. The van der Waals surface area contributed by atoms with Crippen molar-refractivity contribution in [3.05, 3.63) is 29.8 Å². The summed E-state index contributed by atoms with van der Waals surface area (Å²) in [5.41, 5.74) is 2.65. The lowest BCUT2D eigenvalue weighted by Crippen LogP contribution is -2.45. The van der Waals surface area contributed by atoms with E-state index >= 15 is 0 Å². The van der Waals surface area contributed by atoms with E-state index in [9.17, 15) is 0 Å². The predicted molar refractivity (Wildman–Crippen MR) is 83.7 cm³/mol. The molecule has 0 radical (unpaired) electrons. The van der Waals surface area contributed by atoms with Gasteiger partial charge in [0.15, 0.2) is 5.11 Å². The van der Waals surface area contributed by atoms with Gasteiger partial charge in [-0.3, -0.25) is 0 Å². The first-order chi connectivity index (χ1) is 9.22. The molecule has 1 aliphatic heterocycles. The highest BCUT2D eigenvalue weighted by molar-refractivity contribution is 7.80. The van der Waals surface area contributed by atoms with Gasteiger partial charge in [-0.1, -0.05) is 25.1 Å². The minimum absolute atomic E-state index is 0.633. The normalized spacial score (nSPS) is 18.0. The molecule has 0 amide bonds. The average Bonchev–Trinajstić information content (AvgIpc) is 2.42. The van der Waals surface area contributed by atoms with Gasteiger partial charge in [0.2, 0.25) is 0 Å². The van der Waals surface area contributed by atoms with Crippen LogP contribution in [0.15, 0.2) is 24.3 Å². The van der Waals surface area contributed by atoms with E-state index in [1.807, 2.05) is 0 Å². The van der Waals surface area contributed by atoms with Gasteiger partial charge in [-0.05, 0) is 42.6 Å². The van der Waals surface area contributed by atoms with Crippen molar-refractivity contribution in [3.8, 4) is 0 Å². The van der Waals surface area contributed by atoms with Gasteiger partial charge in [-0.25, -0.2) is 0 Å². The van der Waals surface area contributed by atoms with Crippen LogP contribution in [0.25, 0.3) is 0 Å². The third-order valence-electron chi connectivity index (χ3n) is 3.39. The number of hydrogen-bond acceptors (Lipinski definition) is 2. The zero-order chi connectivity index (χ0) is 13.7. The van der Waals surface area contributed by atoms with E-state index in [-0.39, 0.29) is 0 Å². The first kappa shape index (κ1) is 14.3. The summed E-state index contributed by atoms with van der Waals surface area (Å²) < 4.78 is 5.05. The Labute approximate surface area is 120 Å². The summed E-state index contributed by atoms with van der Waals surface area (Å²) >= 11 is 5.53. The molecule has 0 bridgehead atoms. The molecular weight excluding hydrogens is 256 g/mol. The molecule has 1 N–H and O–H groups in total. The Bertz CT molecular complexity index is 436. The Morgan fingerprint density at radius 3 is 3.05 bits per heavy atom. The highest BCUT2D eigenvalue weighted by Gasteiger charge is 2.23. The standard InChI is InChI=1S/C15H22N2OS/c1-12-10-13-6-3-4-7-14(13)17(11-12)15(19)16-8-5-9-18-2/h3-4,6-7,12H,5,8-11H2,1-2H3,(H,16,19). The summed E-state index contributed by atoms with van der Waals surface area (Å²) in [6.07, 6.45) is 2.11. The monoisotopic (exact) mass is 278 g/mol. The third-order valence-corrected chi connectivity index (χ3v) is 3.76. The summed E-state index contributed by atoms with van der Waals surface area (Å²) in [5, 5.41) is 4.15. The van der Waals surface area contributed by atoms with Gasteiger partial charge >= 0.3 is 0 Å². The van der Waals surface area contributed by atoms with E-state index < -0.39 is 0 Å². The SMILES string of the molecule is COCCCNC(=S)N1CC(C)Cc2ccccc21. The van der Waals surface area contributed by atoms with Gasteiger partial charge in [0, 0.05) is 32.5 Å². The second-order valence-electron chi connectivity index (χ2n) is 5.13. The van der Waals surface area contributed by atoms with Crippen LogP contribution < -0.4 is 10.2 Å². The number of thiocarbonyl (C=S) groups is 1. The van der Waals surface area contributed by atoms with Gasteiger partial charge in [0.05, 0.1) is 0 Å². The van der Waals surface area contributed by atoms with Crippen molar-refractivity contribution in [3.63, 3.8) is 0 Å². The van der Waals surface area contributed by atoms with Crippen LogP contribution in [-0.4, -0.2) is 31.9 Å². The Balaban J connectivity index is 2.01. The molecule has 1 aromatic carbocycles. The second kappa shape index (κ2) is 6.87. The first-order valence-electron chi connectivity index (χ1n) is 6.84. The quantitative estimate of drug-likeness (QED) is 0.676. The molecule has 1 aromatic rings. The average molecular weight is 278 g/mol. The molecule has 0 spiro atoms. The van der Waals surface area contributed by atoms with Crippen LogP contribution in [0.3, 0.4) is 0 Å². The van der Waals surface area contributed by atoms with Crippen molar-refractivity contribution in [2.45, 2.75) is 19.8 Å². The van der Waals surface area contributed by atoms with Crippen LogP contribution in [0.4, 0.5) is 5.69 Å². The van der Waals surface area contributed by atoms with Crippen molar-refractivity contribution < 1.29 is 4.74 Å². The molecule has 19 heavy (non-hydrogen) atoms. The molecule has 4 heteroatoms. The minimum atomic E-state index is 0.633. The second-order valence-corrected chi connectivity index (χ2v) is 5.51. The maximum absolute atomic E-state index is 5.53. The zero-order valence-electron chi connectivity index (χ0n) is 11.7. The molecular formula is C15H22N2OS. The van der Waals surface area contributed by atoms with Gasteiger partial charge in [0.25, 0.3) is 0 Å². The Kier molecular flexibility index (Phi) is 5.16. The maximum Gasteiger partial charge on any atom is 0.173 e. The number of anilines is 1. The van der Waals surface area contributed by atoms with Crippen LogP contribution >= 0.6 is 12.2 Å². The molecule has 0 aliphatic carbocycles. The summed E-state index contributed by atoms with van der Waals surface area (Å²) in [6.45, 7) is 4.89. The first-order valence-corrected chi connectivity index (χ1v) is 7.25. The fraction of sp³-hybridized carbons (Fsp3) is 0.533. The molecule has 1 heterocycles. The van der Waals surface area contributed by atoms with E-state index in [1.165, 1.54) is 11.3 Å². The number of nitrogens with one attached hydrogen (secondary N) is 1. The highest BCUT2D eigenvalue weighted by atomic mass is 32.1. The lowest BCUT2D eigenvalue weighted by Gasteiger charge is -2.35. The molecule has 1 atom stereocenters. The van der Waals surface area contributed by atoms with E-state index in [2.05, 4.69) is 41.4 Å². The van der Waals surface area contributed by atoms with Crippen LogP contribution in [0.1, 0.15) is 18.9 Å². The number of fused-ring (bicyclic) bond motifs is 1. The van der Waals surface area contributed by atoms with Crippen molar-refractivity contribution in [1.82, 2.24) is 5.32 Å². The van der Waals surface area contributed by atoms with Crippen LogP contribution in [0.2, 0.25) is 0 Å². The predicted octanol–water partition coefficient (Wildman–Crippen LogP) is 2.60. The van der Waals surface area contributed by atoms with Gasteiger partial charge in [0.1, 0.15) is 0 Å². The third kappa shape index (κ3) is 3.67. The minimum Gasteiger partial charge on any atom is -0.385 e. The fourth-order valence-electron chi connectivity index (χ4n) is 2.50. The molecule has 2 rings (SSSR count). The molecule has 104 valence electrons. The Hall–Kier alpha value is -1.13. The van der Waals surface area contributed by atoms with Crippen LogP contribution in [-0.2, 0) is 11.2 Å². The van der Waals surface area contributed by atoms with E-state index in [0.717, 1.165) is 37.7 Å². The molecule has 0 saturated carbocycles. The summed E-state index contributed by atoms with van der Waals surface area (Å²) in [4.78, 5) is 2.23. The molecule has 1 aliphatic rings. The van der Waals surface area contributed by atoms with Crippen molar-refractivity contribution >= 4 is 23.0 Å². The number of ether oxygens (including phenoxy) is 1. The largest absolute Gasteiger partial charge is 0.385 e. The molecule has 0 saturated heterocycles. The van der Waals surface area contributed by atoms with Gasteiger partial charge in [-0.15, -0.1) is 0 Å². The lowest BCUT2D eigenvalue weighted by molar-refractivity contribution is 0.195. The number of benzene rings is 1. The molecule has 0 aromatic heterocycles. The molecule has 1 unspecified atom stereocenters. The van der Waals surface area contributed by atoms with E-state index in [4.69, 9.17) is 17.0 Å². The summed E-state index contributed by atoms with van der Waals surface area (Å²) in [7, 11) is 1.72. The summed E-state index contributed by atoms with van der Waals surface area (Å²) in [5.74, 6) is 0.633. The van der Waals surface area contributed by atoms with Crippen LogP contribution in [0, 0.1) is 5.92 Å².